The van der Waals surface area contributed by atoms with Crippen LogP contribution in [0.5, 0.6) is 0 Å². The Labute approximate surface area is 127 Å². The summed E-state index contributed by atoms with van der Waals surface area (Å²) < 4.78 is 0. The van der Waals surface area contributed by atoms with E-state index in [1.54, 1.807) is 0 Å². The highest BCUT2D eigenvalue weighted by molar-refractivity contribution is 5.58. The minimum atomic E-state index is 0.311. The Kier molecular flexibility index (Phi) is 2.92. The third-order valence-corrected chi connectivity index (χ3v) is 5.92. The van der Waals surface area contributed by atoms with Crippen molar-refractivity contribution >= 4 is 11.6 Å². The number of rotatable bonds is 3. The second-order valence-corrected chi connectivity index (χ2v) is 7.67. The third-order valence-electron chi connectivity index (χ3n) is 5.92. The van der Waals surface area contributed by atoms with Crippen LogP contribution in [-0.4, -0.2) is 22.6 Å². The summed E-state index contributed by atoms with van der Waals surface area (Å²) in [6, 6.07) is 0. The van der Waals surface area contributed by atoms with Crippen LogP contribution < -0.4 is 10.6 Å². The van der Waals surface area contributed by atoms with E-state index >= 15 is 0 Å². The zero-order valence-electron chi connectivity index (χ0n) is 13.4. The smallest absolute Gasteiger partial charge is 0.135 e. The quantitative estimate of drug-likeness (QED) is 0.892. The van der Waals surface area contributed by atoms with Crippen molar-refractivity contribution in [2.45, 2.75) is 57.9 Å². The first-order chi connectivity index (χ1) is 10.1. The fraction of sp³-hybridized carbons (Fsp3) is 0.765. The molecule has 2 N–H and O–H groups in total. The average molecular weight is 286 g/mol. The van der Waals surface area contributed by atoms with Crippen molar-refractivity contribution in [2.75, 3.05) is 17.7 Å². The van der Waals surface area contributed by atoms with Crippen molar-refractivity contribution in [3.05, 3.63) is 11.4 Å². The van der Waals surface area contributed by atoms with Crippen molar-refractivity contribution in [3.8, 4) is 0 Å². The molecule has 4 heteroatoms. The third kappa shape index (κ3) is 2.19. The number of hydrogen-bond donors (Lipinski definition) is 2. The predicted molar refractivity (Wildman–Crippen MR) is 85.6 cm³/mol. The van der Waals surface area contributed by atoms with Crippen LogP contribution in [0.25, 0.3) is 0 Å². The van der Waals surface area contributed by atoms with E-state index in [0.29, 0.717) is 5.54 Å². The van der Waals surface area contributed by atoms with Gasteiger partial charge in [-0.2, -0.15) is 0 Å². The summed E-state index contributed by atoms with van der Waals surface area (Å²) in [6.45, 7) is 4.10. The van der Waals surface area contributed by atoms with E-state index < -0.39 is 0 Å². The minimum absolute atomic E-state index is 0.311. The molecule has 4 fully saturated rings. The van der Waals surface area contributed by atoms with E-state index in [-0.39, 0.29) is 0 Å². The maximum atomic E-state index is 4.70. The molecule has 0 atom stereocenters. The van der Waals surface area contributed by atoms with E-state index in [0.717, 1.165) is 40.8 Å². The summed E-state index contributed by atoms with van der Waals surface area (Å²) >= 11 is 0. The normalized spacial score (nSPS) is 36.8. The van der Waals surface area contributed by atoms with Crippen LogP contribution in [0.1, 0.15) is 49.9 Å². The molecule has 5 rings (SSSR count). The molecule has 1 heterocycles. The van der Waals surface area contributed by atoms with Crippen molar-refractivity contribution in [3.63, 3.8) is 0 Å². The van der Waals surface area contributed by atoms with E-state index in [9.17, 15) is 0 Å². The molecule has 4 bridgehead atoms. The molecule has 4 aliphatic rings. The zero-order valence-corrected chi connectivity index (χ0v) is 13.4. The highest BCUT2D eigenvalue weighted by Gasteiger charge is 2.51. The number of hydrogen-bond acceptors (Lipinski definition) is 4. The molecule has 4 saturated carbocycles. The number of nitrogens with zero attached hydrogens (tertiary/aromatic N) is 2. The topological polar surface area (TPSA) is 49.8 Å². The van der Waals surface area contributed by atoms with Gasteiger partial charge in [-0.15, -0.1) is 0 Å². The lowest BCUT2D eigenvalue weighted by Crippen LogP contribution is -2.55. The molecule has 0 unspecified atom stereocenters. The zero-order chi connectivity index (χ0) is 14.6. The molecule has 0 aliphatic heterocycles. The molecule has 21 heavy (non-hydrogen) atoms. The van der Waals surface area contributed by atoms with Crippen molar-refractivity contribution in [2.24, 2.45) is 17.8 Å². The fourth-order valence-corrected chi connectivity index (χ4v) is 5.51. The standard InChI is InChI=1S/C17H26N4/c1-10-15(18-3)19-11(2)20-16(10)21-17-7-12-4-13(8-17)6-14(5-12)9-17/h12-14H,4-9H2,1-3H3,(H2,18,19,20,21). The van der Waals surface area contributed by atoms with Crippen LogP contribution in [0, 0.1) is 31.6 Å². The Morgan fingerprint density at radius 1 is 0.905 bits per heavy atom. The maximum Gasteiger partial charge on any atom is 0.135 e. The first-order valence-corrected chi connectivity index (χ1v) is 8.38. The first kappa shape index (κ1) is 13.4. The van der Waals surface area contributed by atoms with Crippen LogP contribution in [-0.2, 0) is 0 Å². The monoisotopic (exact) mass is 286 g/mol. The van der Waals surface area contributed by atoms with Gasteiger partial charge in [0.15, 0.2) is 0 Å². The Hall–Kier alpha value is -1.32. The Morgan fingerprint density at radius 2 is 1.43 bits per heavy atom. The molecule has 1 aromatic rings. The number of aromatic nitrogens is 2. The molecule has 4 aliphatic carbocycles. The summed E-state index contributed by atoms with van der Waals surface area (Å²) in [7, 11) is 1.93. The summed E-state index contributed by atoms with van der Waals surface area (Å²) in [4.78, 5) is 9.18. The minimum Gasteiger partial charge on any atom is -0.373 e. The SMILES string of the molecule is CNc1nc(C)nc(NC23CC4CC(CC(C4)C2)C3)c1C. The molecule has 1 aromatic heterocycles. The van der Waals surface area contributed by atoms with Gasteiger partial charge in [0.25, 0.3) is 0 Å². The fourth-order valence-electron chi connectivity index (χ4n) is 5.51. The van der Waals surface area contributed by atoms with Crippen LogP contribution in [0.4, 0.5) is 11.6 Å². The summed E-state index contributed by atoms with van der Waals surface area (Å²) in [5, 5.41) is 7.07. The number of anilines is 2. The van der Waals surface area contributed by atoms with Crippen LogP contribution >= 0.6 is 0 Å². The Balaban J connectivity index is 1.65. The van der Waals surface area contributed by atoms with Crippen LogP contribution in [0.3, 0.4) is 0 Å². The highest BCUT2D eigenvalue weighted by atomic mass is 15.1. The van der Waals surface area contributed by atoms with Crippen LogP contribution in [0.15, 0.2) is 0 Å². The molecule has 0 spiro atoms. The Morgan fingerprint density at radius 3 is 1.95 bits per heavy atom. The first-order valence-electron chi connectivity index (χ1n) is 8.38. The van der Waals surface area contributed by atoms with E-state index in [2.05, 4.69) is 22.5 Å². The second-order valence-electron chi connectivity index (χ2n) is 7.67. The maximum absolute atomic E-state index is 4.70. The molecular weight excluding hydrogens is 260 g/mol. The molecule has 114 valence electrons. The van der Waals surface area contributed by atoms with E-state index in [1.807, 2.05) is 14.0 Å². The number of nitrogens with one attached hydrogen (secondary N) is 2. The van der Waals surface area contributed by atoms with Gasteiger partial charge in [0.05, 0.1) is 0 Å². The van der Waals surface area contributed by atoms with Gasteiger partial charge in [-0.3, -0.25) is 0 Å². The summed E-state index contributed by atoms with van der Waals surface area (Å²) in [5.74, 6) is 5.71. The lowest BCUT2D eigenvalue weighted by atomic mass is 9.53. The molecule has 0 aromatic carbocycles. The van der Waals surface area contributed by atoms with Crippen molar-refractivity contribution in [1.82, 2.24) is 9.97 Å². The Bertz CT molecular complexity index is 531. The average Bonchev–Trinajstić information content (AvgIpc) is 2.40. The van der Waals surface area contributed by atoms with Crippen LogP contribution in [0.2, 0.25) is 0 Å². The lowest BCUT2D eigenvalue weighted by Gasteiger charge is -2.57. The second kappa shape index (κ2) is 4.59. The van der Waals surface area contributed by atoms with E-state index in [1.165, 1.54) is 38.5 Å². The molecule has 0 amide bonds. The van der Waals surface area contributed by atoms with Crippen molar-refractivity contribution in [1.29, 1.82) is 0 Å². The molecule has 0 radical (unpaired) electrons. The molecule has 4 nitrogen and oxygen atoms in total. The van der Waals surface area contributed by atoms with Gasteiger partial charge in [0, 0.05) is 18.2 Å². The molecular formula is C17H26N4. The lowest BCUT2D eigenvalue weighted by molar-refractivity contribution is 0.0105. The van der Waals surface area contributed by atoms with Gasteiger partial charge in [0.1, 0.15) is 17.5 Å². The van der Waals surface area contributed by atoms with Gasteiger partial charge >= 0.3 is 0 Å². The van der Waals surface area contributed by atoms with E-state index in [4.69, 9.17) is 4.98 Å². The predicted octanol–water partition coefficient (Wildman–Crippen LogP) is 3.52. The van der Waals surface area contributed by atoms with Gasteiger partial charge in [-0.1, -0.05) is 0 Å². The van der Waals surface area contributed by atoms with Gasteiger partial charge in [-0.05, 0) is 70.1 Å². The summed E-state index contributed by atoms with van der Waals surface area (Å²) in [5.41, 5.74) is 1.46. The highest BCUT2D eigenvalue weighted by Crippen LogP contribution is 2.56. The molecule has 0 saturated heterocycles. The number of aryl methyl sites for hydroxylation is 1. The van der Waals surface area contributed by atoms with Gasteiger partial charge in [0.2, 0.25) is 0 Å². The van der Waals surface area contributed by atoms with Gasteiger partial charge in [-0.25, -0.2) is 9.97 Å². The van der Waals surface area contributed by atoms with Gasteiger partial charge < -0.3 is 10.6 Å². The van der Waals surface area contributed by atoms with Crippen molar-refractivity contribution < 1.29 is 0 Å². The largest absolute Gasteiger partial charge is 0.373 e. The summed E-state index contributed by atoms with van der Waals surface area (Å²) in [6.07, 6.45) is 8.46.